The fourth-order valence-corrected chi connectivity index (χ4v) is 2.84. The van der Waals surface area contributed by atoms with Gasteiger partial charge in [0.25, 0.3) is 0 Å². The van der Waals surface area contributed by atoms with E-state index in [1.807, 2.05) is 0 Å². The molecule has 0 aliphatic heterocycles. The Kier molecular flexibility index (Phi) is 3.93. The second kappa shape index (κ2) is 5.80. The highest BCUT2D eigenvalue weighted by atomic mass is 35.5. The number of halogens is 2. The maximum atomic E-state index is 13.7. The van der Waals surface area contributed by atoms with E-state index in [0.29, 0.717) is 5.95 Å². The average Bonchev–Trinajstić information content (AvgIpc) is 2.99. The van der Waals surface area contributed by atoms with E-state index in [2.05, 4.69) is 14.3 Å². The van der Waals surface area contributed by atoms with Gasteiger partial charge >= 0.3 is 5.97 Å². The number of rotatable bonds is 3. The Labute approximate surface area is 142 Å². The van der Waals surface area contributed by atoms with Crippen molar-refractivity contribution < 1.29 is 14.3 Å². The molecule has 3 heterocycles. The minimum atomic E-state index is -1.44. The number of fused-ring (bicyclic) bond motifs is 1. The lowest BCUT2D eigenvalue weighted by Gasteiger charge is -2.09. The number of carboxylic acid groups (broad SMARTS) is 1. The van der Waals surface area contributed by atoms with Gasteiger partial charge < -0.3 is 10.0 Å². The van der Waals surface area contributed by atoms with Gasteiger partial charge in [0.15, 0.2) is 16.6 Å². The highest BCUT2D eigenvalue weighted by Gasteiger charge is 2.20. The molecule has 0 atom stereocenters. The van der Waals surface area contributed by atoms with Crippen molar-refractivity contribution in [1.82, 2.24) is 18.9 Å². The summed E-state index contributed by atoms with van der Waals surface area (Å²) in [7, 11) is 3.48. The lowest BCUT2D eigenvalue weighted by atomic mass is 10.2. The van der Waals surface area contributed by atoms with E-state index in [4.69, 9.17) is 11.6 Å². The SMILES string of the molecule is CN(C)c1nsc(-n2cc(C(=O)O)c(=O)c3cc(F)c(Cl)nc32)n1. The van der Waals surface area contributed by atoms with Gasteiger partial charge in [0.05, 0.1) is 5.39 Å². The molecule has 0 bridgehead atoms. The van der Waals surface area contributed by atoms with Crippen LogP contribution in [0.3, 0.4) is 0 Å². The molecule has 0 unspecified atom stereocenters. The minimum Gasteiger partial charge on any atom is -0.477 e. The highest BCUT2D eigenvalue weighted by molar-refractivity contribution is 7.08. The summed E-state index contributed by atoms with van der Waals surface area (Å²) in [6, 6.07) is 0.865. The third-order valence-corrected chi connectivity index (χ3v) is 4.10. The molecule has 0 amide bonds. The molecule has 0 aliphatic carbocycles. The number of hydrogen-bond donors (Lipinski definition) is 1. The molecular formula is C13H9ClFN5O3S. The van der Waals surface area contributed by atoms with Crippen LogP contribution in [0.1, 0.15) is 10.4 Å². The number of pyridine rings is 2. The van der Waals surface area contributed by atoms with Crippen LogP contribution in [0.15, 0.2) is 17.1 Å². The van der Waals surface area contributed by atoms with E-state index in [0.717, 1.165) is 23.8 Å². The predicted molar refractivity (Wildman–Crippen MR) is 87.1 cm³/mol. The van der Waals surface area contributed by atoms with Crippen LogP contribution in [-0.2, 0) is 0 Å². The molecule has 0 radical (unpaired) electrons. The third-order valence-electron chi connectivity index (χ3n) is 3.13. The normalized spacial score (nSPS) is 11.0. The van der Waals surface area contributed by atoms with Crippen LogP contribution in [0.4, 0.5) is 10.3 Å². The molecule has 124 valence electrons. The summed E-state index contributed by atoms with van der Waals surface area (Å²) >= 11 is 6.67. The largest absolute Gasteiger partial charge is 0.477 e. The van der Waals surface area contributed by atoms with Gasteiger partial charge in [-0.2, -0.15) is 9.36 Å². The van der Waals surface area contributed by atoms with E-state index in [9.17, 15) is 19.1 Å². The van der Waals surface area contributed by atoms with Crippen molar-refractivity contribution in [2.75, 3.05) is 19.0 Å². The molecule has 3 aromatic heterocycles. The quantitative estimate of drug-likeness (QED) is 0.702. The second-order valence-corrected chi connectivity index (χ2v) is 6.04. The number of carboxylic acids is 1. The zero-order valence-electron chi connectivity index (χ0n) is 12.3. The maximum Gasteiger partial charge on any atom is 0.341 e. The molecule has 0 aromatic carbocycles. The van der Waals surface area contributed by atoms with Crippen molar-refractivity contribution in [3.8, 4) is 5.13 Å². The van der Waals surface area contributed by atoms with Crippen LogP contribution in [0.25, 0.3) is 16.2 Å². The van der Waals surface area contributed by atoms with Crippen molar-refractivity contribution in [2.24, 2.45) is 0 Å². The van der Waals surface area contributed by atoms with E-state index >= 15 is 0 Å². The Bertz CT molecular complexity index is 1030. The predicted octanol–water partition coefficient (Wildman–Crippen LogP) is 1.79. The molecule has 0 spiro atoms. The van der Waals surface area contributed by atoms with Crippen LogP contribution in [0, 0.1) is 5.82 Å². The van der Waals surface area contributed by atoms with Gasteiger partial charge in [-0.05, 0) is 6.07 Å². The maximum absolute atomic E-state index is 13.7. The Morgan fingerprint density at radius 3 is 2.71 bits per heavy atom. The van der Waals surface area contributed by atoms with Crippen LogP contribution in [0.5, 0.6) is 0 Å². The van der Waals surface area contributed by atoms with Gasteiger partial charge in [0.1, 0.15) is 5.56 Å². The monoisotopic (exact) mass is 369 g/mol. The fourth-order valence-electron chi connectivity index (χ4n) is 1.99. The first kappa shape index (κ1) is 16.3. The summed E-state index contributed by atoms with van der Waals surface area (Å²) in [6.45, 7) is 0. The topological polar surface area (TPSA) is 101 Å². The zero-order valence-corrected chi connectivity index (χ0v) is 13.9. The van der Waals surface area contributed by atoms with Gasteiger partial charge in [0.2, 0.25) is 16.5 Å². The lowest BCUT2D eigenvalue weighted by Crippen LogP contribution is -2.19. The number of aromatic nitrogens is 4. The lowest BCUT2D eigenvalue weighted by molar-refractivity contribution is 0.0695. The van der Waals surface area contributed by atoms with E-state index < -0.39 is 27.9 Å². The number of anilines is 1. The molecule has 3 aromatic rings. The summed E-state index contributed by atoms with van der Waals surface area (Å²) in [4.78, 5) is 33.3. The number of nitrogens with zero attached hydrogens (tertiary/aromatic N) is 5. The van der Waals surface area contributed by atoms with Gasteiger partial charge in [0, 0.05) is 31.8 Å². The number of carbonyl (C=O) groups is 1. The van der Waals surface area contributed by atoms with Crippen molar-refractivity contribution >= 4 is 46.1 Å². The molecule has 0 aliphatic rings. The zero-order chi connectivity index (χ0) is 17.6. The number of aromatic carboxylic acids is 1. The summed E-state index contributed by atoms with van der Waals surface area (Å²) in [6.07, 6.45) is 1.08. The van der Waals surface area contributed by atoms with Crippen molar-refractivity contribution in [3.05, 3.63) is 39.0 Å². The molecule has 1 N–H and O–H groups in total. The first-order valence-corrected chi connectivity index (χ1v) is 7.61. The number of hydrogen-bond acceptors (Lipinski definition) is 7. The average molecular weight is 370 g/mol. The van der Waals surface area contributed by atoms with Gasteiger partial charge in [-0.3, -0.25) is 9.36 Å². The van der Waals surface area contributed by atoms with Crippen LogP contribution in [0.2, 0.25) is 5.15 Å². The summed E-state index contributed by atoms with van der Waals surface area (Å²) in [5.74, 6) is -1.96. The van der Waals surface area contributed by atoms with Gasteiger partial charge in [-0.25, -0.2) is 14.2 Å². The standard InChI is InChI=1S/C13H9ClFN5O3S/c1-19(2)12-17-13(24-18-12)20-4-6(11(22)23)8(21)5-3-7(15)9(14)16-10(5)20/h3-4H,1-2H3,(H,22,23). The van der Waals surface area contributed by atoms with E-state index in [1.54, 1.807) is 19.0 Å². The molecule has 24 heavy (non-hydrogen) atoms. The Morgan fingerprint density at radius 2 is 2.12 bits per heavy atom. The Balaban J connectivity index is 2.40. The summed E-state index contributed by atoms with van der Waals surface area (Å²) in [5, 5.41) is 8.84. The first-order valence-electron chi connectivity index (χ1n) is 6.45. The van der Waals surface area contributed by atoms with Gasteiger partial charge in [-0.1, -0.05) is 11.6 Å². The Morgan fingerprint density at radius 1 is 1.42 bits per heavy atom. The van der Waals surface area contributed by atoms with E-state index in [1.165, 1.54) is 4.57 Å². The summed E-state index contributed by atoms with van der Waals surface area (Å²) in [5.41, 5.74) is -1.39. The van der Waals surface area contributed by atoms with Crippen molar-refractivity contribution in [3.63, 3.8) is 0 Å². The van der Waals surface area contributed by atoms with Crippen LogP contribution >= 0.6 is 23.1 Å². The Hall–Kier alpha value is -2.59. The summed E-state index contributed by atoms with van der Waals surface area (Å²) < 4.78 is 19.1. The van der Waals surface area contributed by atoms with Crippen molar-refractivity contribution in [1.29, 1.82) is 0 Å². The molecule has 11 heteroatoms. The van der Waals surface area contributed by atoms with Crippen LogP contribution < -0.4 is 10.3 Å². The van der Waals surface area contributed by atoms with E-state index in [-0.39, 0.29) is 16.2 Å². The molecule has 0 saturated heterocycles. The van der Waals surface area contributed by atoms with Gasteiger partial charge in [-0.15, -0.1) is 0 Å². The fraction of sp³-hybridized carbons (Fsp3) is 0.154. The third kappa shape index (κ3) is 2.59. The second-order valence-electron chi connectivity index (χ2n) is 4.95. The molecule has 0 saturated carbocycles. The van der Waals surface area contributed by atoms with Crippen LogP contribution in [-0.4, -0.2) is 44.1 Å². The molecule has 0 fully saturated rings. The highest BCUT2D eigenvalue weighted by Crippen LogP contribution is 2.23. The minimum absolute atomic E-state index is 0.00199. The molecule has 8 nitrogen and oxygen atoms in total. The van der Waals surface area contributed by atoms with Crippen molar-refractivity contribution in [2.45, 2.75) is 0 Å². The smallest absolute Gasteiger partial charge is 0.341 e. The molecular weight excluding hydrogens is 361 g/mol. The first-order chi connectivity index (χ1) is 11.3. The molecule has 3 rings (SSSR count).